The maximum atomic E-state index is 10.4. The van der Waals surface area contributed by atoms with Gasteiger partial charge in [-0.25, -0.2) is 8.42 Å². The van der Waals surface area contributed by atoms with Gasteiger partial charge in [0.2, 0.25) is 10.4 Å². The van der Waals surface area contributed by atoms with E-state index >= 15 is 0 Å². The van der Waals surface area contributed by atoms with Gasteiger partial charge in [-0.05, 0) is 12.8 Å². The molecule has 16 heavy (non-hydrogen) atoms. The number of hydrogen-bond donors (Lipinski definition) is 0. The first kappa shape index (κ1) is 19.2. The van der Waals surface area contributed by atoms with Gasteiger partial charge in [0.25, 0.3) is 0 Å². The van der Waals surface area contributed by atoms with E-state index in [4.69, 9.17) is 0 Å². The molecule has 0 amide bonds. The molecule has 1 unspecified atom stereocenters. The van der Waals surface area contributed by atoms with E-state index in [0.29, 0.717) is 12.8 Å². The molecule has 0 heterocycles. The Bertz CT molecular complexity index is 241. The van der Waals surface area contributed by atoms with Crippen molar-refractivity contribution >= 4 is 10.4 Å². The quantitative estimate of drug-likeness (QED) is 0.245. The Kier molecular flexibility index (Phi) is 13.2. The maximum absolute atomic E-state index is 10.4. The second-order valence-electron chi connectivity index (χ2n) is 3.74. The molecule has 0 N–H and O–H groups in total. The molecule has 0 aliphatic heterocycles. The summed E-state index contributed by atoms with van der Waals surface area (Å²) in [5.41, 5.74) is 0. The van der Waals surface area contributed by atoms with Crippen LogP contribution >= 0.6 is 0 Å². The molecule has 0 saturated heterocycles. The zero-order valence-electron chi connectivity index (χ0n) is 10.6. The van der Waals surface area contributed by atoms with Crippen LogP contribution in [0, 0.1) is 0 Å². The van der Waals surface area contributed by atoms with Crippen LogP contribution in [0.3, 0.4) is 0 Å². The van der Waals surface area contributed by atoms with Gasteiger partial charge < -0.3 is 4.55 Å². The molecule has 6 heteroatoms. The van der Waals surface area contributed by atoms with Gasteiger partial charge in [-0.2, -0.15) is 0 Å². The van der Waals surface area contributed by atoms with Gasteiger partial charge in [0.15, 0.2) is 0 Å². The second kappa shape index (κ2) is 11.0. The van der Waals surface area contributed by atoms with Crippen molar-refractivity contribution in [3.05, 3.63) is 0 Å². The van der Waals surface area contributed by atoms with Crippen molar-refractivity contribution in [3.63, 3.8) is 0 Å². The minimum atomic E-state index is -4.53. The minimum absolute atomic E-state index is 0. The molecule has 1 atom stereocenters. The van der Waals surface area contributed by atoms with Crippen molar-refractivity contribution in [2.45, 2.75) is 64.9 Å². The van der Waals surface area contributed by atoms with Gasteiger partial charge in [-0.1, -0.05) is 46.0 Å². The second-order valence-corrected chi connectivity index (χ2v) is 4.75. The van der Waals surface area contributed by atoms with Crippen molar-refractivity contribution in [2.24, 2.45) is 0 Å². The monoisotopic (exact) mass is 260 g/mol. The smallest absolute Gasteiger partial charge is 0.726 e. The van der Waals surface area contributed by atoms with Crippen LogP contribution in [0.5, 0.6) is 0 Å². The van der Waals surface area contributed by atoms with E-state index in [9.17, 15) is 13.0 Å². The van der Waals surface area contributed by atoms with E-state index in [-0.39, 0.29) is 29.6 Å². The summed E-state index contributed by atoms with van der Waals surface area (Å²) in [5, 5.41) is 0. The molecule has 0 saturated carbocycles. The Labute approximate surface area is 121 Å². The number of unbranched alkanes of at least 4 members (excludes halogenated alkanes) is 4. The molecular weight excluding hydrogens is 239 g/mol. The van der Waals surface area contributed by atoms with E-state index in [2.05, 4.69) is 11.1 Å². The Morgan fingerprint density at radius 1 is 1.12 bits per heavy atom. The van der Waals surface area contributed by atoms with E-state index in [1.807, 2.05) is 6.92 Å². The zero-order chi connectivity index (χ0) is 11.7. The standard InChI is InChI=1S/C10H22O4S.Na/c1-3-5-6-7-8-9-10(4-2)14-15(11,12)13;/h10H,3-9H2,1-2H3,(H,11,12,13);/q;+1/p-1. The zero-order valence-corrected chi connectivity index (χ0v) is 13.4. The van der Waals surface area contributed by atoms with Crippen molar-refractivity contribution in [1.29, 1.82) is 0 Å². The molecule has 0 fully saturated rings. The third-order valence-electron chi connectivity index (χ3n) is 2.34. The van der Waals surface area contributed by atoms with E-state index in [0.717, 1.165) is 19.3 Å². The Morgan fingerprint density at radius 3 is 2.12 bits per heavy atom. The summed E-state index contributed by atoms with van der Waals surface area (Å²) in [6.07, 6.45) is 6.34. The summed E-state index contributed by atoms with van der Waals surface area (Å²) in [4.78, 5) is 0. The maximum Gasteiger partial charge on any atom is 1.00 e. The van der Waals surface area contributed by atoms with E-state index in [1.165, 1.54) is 12.8 Å². The van der Waals surface area contributed by atoms with Gasteiger partial charge in [0.1, 0.15) is 0 Å². The van der Waals surface area contributed by atoms with Gasteiger partial charge in [0, 0.05) is 0 Å². The normalized spacial score (nSPS) is 13.2. The van der Waals surface area contributed by atoms with Gasteiger partial charge in [-0.3, -0.25) is 4.18 Å². The molecule has 4 nitrogen and oxygen atoms in total. The Balaban J connectivity index is 0. The van der Waals surface area contributed by atoms with Crippen LogP contribution < -0.4 is 29.6 Å². The average Bonchev–Trinajstić information content (AvgIpc) is 2.14. The first-order valence-electron chi connectivity index (χ1n) is 5.63. The van der Waals surface area contributed by atoms with Crippen molar-refractivity contribution < 1.29 is 46.7 Å². The fourth-order valence-corrected chi connectivity index (χ4v) is 2.03. The average molecular weight is 260 g/mol. The van der Waals surface area contributed by atoms with Crippen LogP contribution in [0.25, 0.3) is 0 Å². The van der Waals surface area contributed by atoms with E-state index in [1.54, 1.807) is 0 Å². The van der Waals surface area contributed by atoms with E-state index < -0.39 is 16.5 Å². The largest absolute Gasteiger partial charge is 1.00 e. The molecule has 0 rings (SSSR count). The van der Waals surface area contributed by atoms with Crippen molar-refractivity contribution in [1.82, 2.24) is 0 Å². The Morgan fingerprint density at radius 2 is 1.69 bits per heavy atom. The first-order valence-corrected chi connectivity index (χ1v) is 6.97. The third-order valence-corrected chi connectivity index (χ3v) is 2.85. The molecule has 92 valence electrons. The molecule has 0 aromatic carbocycles. The molecule has 0 radical (unpaired) electrons. The summed E-state index contributed by atoms with van der Waals surface area (Å²) >= 11 is 0. The molecule has 0 aromatic heterocycles. The predicted molar refractivity (Wildman–Crippen MR) is 58.2 cm³/mol. The summed E-state index contributed by atoms with van der Waals surface area (Å²) in [5.74, 6) is 0. The number of hydrogen-bond acceptors (Lipinski definition) is 4. The SMILES string of the molecule is CCCCCCCC(CC)OS(=O)(=O)[O-].[Na+]. The fourth-order valence-electron chi connectivity index (χ4n) is 1.46. The first-order chi connectivity index (χ1) is 6.99. The molecule has 0 spiro atoms. The van der Waals surface area contributed by atoms with Gasteiger partial charge >= 0.3 is 29.6 Å². The summed E-state index contributed by atoms with van der Waals surface area (Å²) in [6, 6.07) is 0. The molecular formula is C10H21NaO4S. The third kappa shape index (κ3) is 12.9. The van der Waals surface area contributed by atoms with Gasteiger partial charge in [-0.15, -0.1) is 0 Å². The molecule has 0 aliphatic rings. The molecule has 0 aliphatic carbocycles. The van der Waals surface area contributed by atoms with Crippen LogP contribution in [-0.2, 0) is 14.6 Å². The van der Waals surface area contributed by atoms with Crippen LogP contribution in [0.1, 0.15) is 58.8 Å². The van der Waals surface area contributed by atoms with Crippen LogP contribution in [0.15, 0.2) is 0 Å². The fraction of sp³-hybridized carbons (Fsp3) is 1.00. The van der Waals surface area contributed by atoms with Gasteiger partial charge in [0.05, 0.1) is 6.10 Å². The molecule has 0 bridgehead atoms. The van der Waals surface area contributed by atoms with Crippen LogP contribution in [-0.4, -0.2) is 19.1 Å². The van der Waals surface area contributed by atoms with Crippen molar-refractivity contribution in [3.8, 4) is 0 Å². The molecule has 0 aromatic rings. The summed E-state index contributed by atoms with van der Waals surface area (Å²) in [7, 11) is -4.53. The van der Waals surface area contributed by atoms with Crippen LogP contribution in [0.4, 0.5) is 0 Å². The minimum Gasteiger partial charge on any atom is -0.726 e. The summed E-state index contributed by atoms with van der Waals surface area (Å²) in [6.45, 7) is 3.96. The van der Waals surface area contributed by atoms with Crippen molar-refractivity contribution in [2.75, 3.05) is 0 Å². The topological polar surface area (TPSA) is 66.4 Å². The number of rotatable bonds is 9. The Hall–Kier alpha value is 0.870. The summed E-state index contributed by atoms with van der Waals surface area (Å²) < 4.78 is 35.5. The van der Waals surface area contributed by atoms with Crippen LogP contribution in [0.2, 0.25) is 0 Å². The predicted octanol–water partition coefficient (Wildman–Crippen LogP) is -0.394.